The molecule has 1 aliphatic rings. The molecule has 0 saturated carbocycles. The summed E-state index contributed by atoms with van der Waals surface area (Å²) in [6.07, 6.45) is 5.00. The van der Waals surface area contributed by atoms with Gasteiger partial charge in [0.15, 0.2) is 0 Å². The summed E-state index contributed by atoms with van der Waals surface area (Å²) in [5.74, 6) is -1.20. The molecule has 0 bridgehead atoms. The number of fused-ring (bicyclic) bond motifs is 3. The van der Waals surface area contributed by atoms with Crippen molar-refractivity contribution in [3.63, 3.8) is 0 Å². The number of carboxylic acids is 1. The Hall–Kier alpha value is -2.30. The summed E-state index contributed by atoms with van der Waals surface area (Å²) in [4.78, 5) is 14.8. The number of rotatable bonds is 1. The van der Waals surface area contributed by atoms with Crippen LogP contribution in [0.2, 0.25) is 0 Å². The number of nitrogens with zero attached hydrogens (tertiary/aromatic N) is 1. The molecule has 80 valence electrons. The van der Waals surface area contributed by atoms with Crippen LogP contribution in [0.3, 0.4) is 0 Å². The van der Waals surface area contributed by atoms with Gasteiger partial charge in [0.05, 0.1) is 6.26 Å². The van der Waals surface area contributed by atoms with Crippen molar-refractivity contribution in [3.05, 3.63) is 35.4 Å². The number of hydrogen-bond acceptors (Lipinski definition) is 4. The summed E-state index contributed by atoms with van der Waals surface area (Å²) in [6.45, 7) is 0.447. The third kappa shape index (κ3) is 1.18. The van der Waals surface area contributed by atoms with Crippen molar-refractivity contribution in [1.29, 1.82) is 0 Å². The van der Waals surface area contributed by atoms with Gasteiger partial charge in [0.1, 0.15) is 6.61 Å². The van der Waals surface area contributed by atoms with E-state index in [1.165, 1.54) is 6.07 Å². The molecule has 0 aromatic carbocycles. The van der Waals surface area contributed by atoms with Gasteiger partial charge >= 0.3 is 5.97 Å². The lowest BCUT2D eigenvalue weighted by Gasteiger charge is -2.10. The first-order valence-electron chi connectivity index (χ1n) is 4.68. The van der Waals surface area contributed by atoms with Crippen LogP contribution >= 0.6 is 0 Å². The van der Waals surface area contributed by atoms with Crippen LogP contribution in [0.1, 0.15) is 21.7 Å². The number of furan rings is 1. The second-order valence-corrected chi connectivity index (χ2v) is 3.45. The lowest BCUT2D eigenvalue weighted by atomic mass is 10.1. The van der Waals surface area contributed by atoms with E-state index in [0.717, 1.165) is 11.1 Å². The van der Waals surface area contributed by atoms with E-state index in [-0.39, 0.29) is 5.76 Å². The van der Waals surface area contributed by atoms with Crippen molar-refractivity contribution in [3.8, 4) is 0 Å². The standard InChI is InChI=1S/C11H7NO4/c13-11(14)9-3-8-7-1-2-15-5-6(7)4-12-10(8)16-9/h1-4H,5H2,(H,13,14). The highest BCUT2D eigenvalue weighted by Crippen LogP contribution is 2.27. The van der Waals surface area contributed by atoms with E-state index in [0.29, 0.717) is 17.7 Å². The number of ether oxygens (including phenoxy) is 1. The molecule has 16 heavy (non-hydrogen) atoms. The number of carboxylic acid groups (broad SMARTS) is 1. The van der Waals surface area contributed by atoms with Gasteiger partial charge in [-0.3, -0.25) is 0 Å². The van der Waals surface area contributed by atoms with E-state index in [2.05, 4.69) is 4.98 Å². The van der Waals surface area contributed by atoms with Gasteiger partial charge in [0.2, 0.25) is 11.5 Å². The maximum Gasteiger partial charge on any atom is 0.371 e. The fraction of sp³-hybridized carbons (Fsp3) is 0.0909. The van der Waals surface area contributed by atoms with Crippen LogP contribution < -0.4 is 0 Å². The fourth-order valence-electron chi connectivity index (χ4n) is 1.72. The van der Waals surface area contributed by atoms with Crippen LogP contribution in [0.15, 0.2) is 22.9 Å². The number of hydrogen-bond donors (Lipinski definition) is 1. The minimum Gasteiger partial charge on any atom is -0.496 e. The monoisotopic (exact) mass is 217 g/mol. The Kier molecular flexibility index (Phi) is 1.73. The summed E-state index contributed by atoms with van der Waals surface area (Å²) >= 11 is 0. The number of carbonyl (C=O) groups is 1. The molecule has 0 amide bonds. The molecule has 3 heterocycles. The highest BCUT2D eigenvalue weighted by Gasteiger charge is 2.16. The van der Waals surface area contributed by atoms with E-state index in [1.807, 2.05) is 0 Å². The van der Waals surface area contributed by atoms with Crippen LogP contribution in [0, 0.1) is 0 Å². The Morgan fingerprint density at radius 3 is 3.19 bits per heavy atom. The second kappa shape index (κ2) is 3.10. The highest BCUT2D eigenvalue weighted by molar-refractivity contribution is 5.94. The average Bonchev–Trinajstić information content (AvgIpc) is 2.73. The van der Waals surface area contributed by atoms with Gasteiger partial charge in [-0.1, -0.05) is 0 Å². The summed E-state index contributed by atoms with van der Waals surface area (Å²) in [5.41, 5.74) is 2.17. The Morgan fingerprint density at radius 2 is 2.38 bits per heavy atom. The Labute approximate surface area is 90.0 Å². The second-order valence-electron chi connectivity index (χ2n) is 3.45. The van der Waals surface area contributed by atoms with Gasteiger partial charge in [0.25, 0.3) is 0 Å². The summed E-state index contributed by atoms with van der Waals surface area (Å²) in [6, 6.07) is 1.49. The van der Waals surface area contributed by atoms with Gasteiger partial charge in [-0.05, 0) is 11.6 Å². The Morgan fingerprint density at radius 1 is 1.50 bits per heavy atom. The first-order valence-corrected chi connectivity index (χ1v) is 4.68. The van der Waals surface area contributed by atoms with Crippen molar-refractivity contribution >= 4 is 23.1 Å². The molecule has 5 heteroatoms. The molecule has 1 aliphatic heterocycles. The van der Waals surface area contributed by atoms with E-state index >= 15 is 0 Å². The first kappa shape index (κ1) is 8.96. The molecule has 0 fully saturated rings. The molecular weight excluding hydrogens is 210 g/mol. The molecule has 0 spiro atoms. The number of pyridine rings is 1. The predicted molar refractivity (Wildman–Crippen MR) is 54.8 cm³/mol. The van der Waals surface area contributed by atoms with Gasteiger partial charge in [-0.2, -0.15) is 0 Å². The van der Waals surface area contributed by atoms with Gasteiger partial charge in [-0.15, -0.1) is 0 Å². The molecule has 5 nitrogen and oxygen atoms in total. The van der Waals surface area contributed by atoms with E-state index < -0.39 is 5.97 Å². The van der Waals surface area contributed by atoms with Crippen molar-refractivity contribution in [1.82, 2.24) is 4.98 Å². The molecular formula is C11H7NO4. The van der Waals surface area contributed by atoms with Gasteiger partial charge in [0, 0.05) is 23.2 Å². The zero-order valence-electron chi connectivity index (χ0n) is 8.14. The zero-order chi connectivity index (χ0) is 11.1. The van der Waals surface area contributed by atoms with Crippen LogP contribution in [-0.4, -0.2) is 16.1 Å². The molecule has 1 N–H and O–H groups in total. The first-order chi connectivity index (χ1) is 7.75. The van der Waals surface area contributed by atoms with E-state index in [9.17, 15) is 4.79 Å². The zero-order valence-corrected chi connectivity index (χ0v) is 8.14. The third-order valence-electron chi connectivity index (χ3n) is 2.47. The SMILES string of the molecule is O=C(O)c1cc2c3c(cnc2o1)COC=C3. The maximum atomic E-state index is 10.8. The Balaban J connectivity index is 2.32. The van der Waals surface area contributed by atoms with Gasteiger partial charge in [-0.25, -0.2) is 9.78 Å². The molecule has 2 aromatic heterocycles. The molecule has 2 aromatic rings. The van der Waals surface area contributed by atoms with Crippen molar-refractivity contribution in [2.45, 2.75) is 6.61 Å². The van der Waals surface area contributed by atoms with Crippen LogP contribution in [-0.2, 0) is 11.3 Å². The van der Waals surface area contributed by atoms with Crippen molar-refractivity contribution in [2.24, 2.45) is 0 Å². The molecule has 0 atom stereocenters. The van der Waals surface area contributed by atoms with E-state index in [1.54, 1.807) is 18.5 Å². The van der Waals surface area contributed by atoms with Crippen LogP contribution in [0.5, 0.6) is 0 Å². The normalized spacial score (nSPS) is 13.5. The summed E-state index contributed by atoms with van der Waals surface area (Å²) in [7, 11) is 0. The molecule has 0 aliphatic carbocycles. The lowest BCUT2D eigenvalue weighted by Crippen LogP contribution is -1.97. The smallest absolute Gasteiger partial charge is 0.371 e. The molecule has 0 radical (unpaired) electrons. The quantitative estimate of drug-likeness (QED) is 0.791. The summed E-state index contributed by atoms with van der Waals surface area (Å²) in [5, 5.41) is 9.53. The van der Waals surface area contributed by atoms with Crippen LogP contribution in [0.25, 0.3) is 17.2 Å². The Bertz CT molecular complexity index is 612. The maximum absolute atomic E-state index is 10.8. The minimum atomic E-state index is -1.09. The summed E-state index contributed by atoms with van der Waals surface area (Å²) < 4.78 is 10.2. The highest BCUT2D eigenvalue weighted by atomic mass is 16.5. The molecule has 0 saturated heterocycles. The predicted octanol–water partition coefficient (Wildman–Crippen LogP) is 2.03. The number of aromatic carboxylic acids is 1. The van der Waals surface area contributed by atoms with Gasteiger partial charge < -0.3 is 14.3 Å². The van der Waals surface area contributed by atoms with Crippen LogP contribution in [0.4, 0.5) is 0 Å². The third-order valence-corrected chi connectivity index (χ3v) is 2.47. The number of aromatic nitrogens is 1. The van der Waals surface area contributed by atoms with Crippen molar-refractivity contribution in [2.75, 3.05) is 0 Å². The lowest BCUT2D eigenvalue weighted by molar-refractivity contribution is 0.0664. The molecule has 0 unspecified atom stereocenters. The van der Waals surface area contributed by atoms with E-state index in [4.69, 9.17) is 14.3 Å². The fourth-order valence-corrected chi connectivity index (χ4v) is 1.72. The van der Waals surface area contributed by atoms with Crippen molar-refractivity contribution < 1.29 is 19.1 Å². The minimum absolute atomic E-state index is 0.101. The topological polar surface area (TPSA) is 72.6 Å². The largest absolute Gasteiger partial charge is 0.496 e. The average molecular weight is 217 g/mol. The molecule has 3 rings (SSSR count).